The van der Waals surface area contributed by atoms with Crippen molar-refractivity contribution in [2.24, 2.45) is 0 Å². The van der Waals surface area contributed by atoms with Crippen LogP contribution >= 0.6 is 23.3 Å². The zero-order valence-electron chi connectivity index (χ0n) is 16.9. The summed E-state index contributed by atoms with van der Waals surface area (Å²) in [5.74, 6) is 0.799. The molecule has 0 radical (unpaired) electrons. The smallest absolute Gasteiger partial charge is 0.198 e. The van der Waals surface area contributed by atoms with Crippen molar-refractivity contribution in [2.45, 2.75) is 42.9 Å². The highest BCUT2D eigenvalue weighted by Crippen LogP contribution is 2.36. The quantitative estimate of drug-likeness (QED) is 0.415. The molecular formula is C21H23FN6S2. The Kier molecular flexibility index (Phi) is 5.34. The van der Waals surface area contributed by atoms with E-state index in [1.807, 2.05) is 24.3 Å². The van der Waals surface area contributed by atoms with E-state index in [4.69, 9.17) is 4.98 Å². The first-order valence-electron chi connectivity index (χ1n) is 10.2. The van der Waals surface area contributed by atoms with Gasteiger partial charge in [-0.25, -0.2) is 4.98 Å². The molecule has 3 aromatic heterocycles. The molecule has 6 nitrogen and oxygen atoms in total. The third kappa shape index (κ3) is 3.55. The molecule has 1 aliphatic rings. The predicted octanol–water partition coefficient (Wildman–Crippen LogP) is 5.19. The number of nitrogens with zero attached hydrogens (tertiary/aromatic N) is 4. The summed E-state index contributed by atoms with van der Waals surface area (Å²) in [7, 11) is 0. The Morgan fingerprint density at radius 2 is 2.07 bits per heavy atom. The second kappa shape index (κ2) is 8.13. The number of fused-ring (bicyclic) bond motifs is 2. The van der Waals surface area contributed by atoms with Crippen molar-refractivity contribution in [2.75, 3.05) is 18.4 Å². The van der Waals surface area contributed by atoms with Crippen LogP contribution in [0.25, 0.3) is 15.7 Å². The van der Waals surface area contributed by atoms with E-state index in [2.05, 4.69) is 34.0 Å². The molecule has 0 unspecified atom stereocenters. The molecule has 0 aliphatic carbocycles. The average molecular weight is 443 g/mol. The number of aromatic nitrogens is 4. The van der Waals surface area contributed by atoms with Crippen LogP contribution < -0.4 is 10.6 Å². The molecule has 30 heavy (non-hydrogen) atoms. The summed E-state index contributed by atoms with van der Waals surface area (Å²) in [6.45, 7) is 6.12. The Morgan fingerprint density at radius 3 is 2.87 bits per heavy atom. The number of halogens is 1. The molecule has 2 N–H and O–H groups in total. The molecule has 9 heteroatoms. The van der Waals surface area contributed by atoms with Crippen LogP contribution in [0.2, 0.25) is 0 Å². The SMILES string of the molecule is CC(C)c1cnn2c(Nc3nsc4ccccc34)c(F)c(SC3CCNCC3)nc12. The number of piperidine rings is 1. The van der Waals surface area contributed by atoms with Crippen molar-refractivity contribution in [1.29, 1.82) is 0 Å². The van der Waals surface area contributed by atoms with Gasteiger partial charge in [0.05, 0.1) is 10.9 Å². The predicted molar refractivity (Wildman–Crippen MR) is 122 cm³/mol. The molecule has 1 saturated heterocycles. The van der Waals surface area contributed by atoms with Gasteiger partial charge < -0.3 is 10.6 Å². The van der Waals surface area contributed by atoms with Crippen molar-refractivity contribution in [3.05, 3.63) is 41.8 Å². The highest BCUT2D eigenvalue weighted by atomic mass is 32.2. The van der Waals surface area contributed by atoms with E-state index in [1.54, 1.807) is 10.7 Å². The number of hydrogen-bond donors (Lipinski definition) is 2. The van der Waals surface area contributed by atoms with E-state index < -0.39 is 0 Å². The number of thioether (sulfide) groups is 1. The van der Waals surface area contributed by atoms with Crippen LogP contribution in [0.4, 0.5) is 16.0 Å². The molecule has 0 atom stereocenters. The Hall–Kier alpha value is -2.23. The molecular weight excluding hydrogens is 419 g/mol. The topological polar surface area (TPSA) is 67.1 Å². The maximum absolute atomic E-state index is 15.7. The number of rotatable bonds is 5. The summed E-state index contributed by atoms with van der Waals surface area (Å²) < 4.78 is 22.9. The fourth-order valence-electron chi connectivity index (χ4n) is 3.72. The standard InChI is InChI=1S/C21H23FN6S2/c1-12(2)15-11-24-28-19(15)26-21(29-13-7-9-23-10-8-13)17(22)20(28)25-18-14-5-3-4-6-16(14)30-27-18/h3-6,11-13,23H,7-10H2,1-2H3,(H,25,27). The Bertz CT molecular complexity index is 1200. The average Bonchev–Trinajstić information content (AvgIpc) is 3.36. The fraction of sp³-hybridized carbons (Fsp3) is 0.381. The highest BCUT2D eigenvalue weighted by molar-refractivity contribution is 7.99. The Balaban J connectivity index is 1.62. The number of anilines is 2. The minimum Gasteiger partial charge on any atom is -0.321 e. The van der Waals surface area contributed by atoms with Crippen LogP contribution in [0.1, 0.15) is 38.2 Å². The first-order chi connectivity index (χ1) is 14.6. The largest absolute Gasteiger partial charge is 0.321 e. The molecule has 4 heterocycles. The number of benzene rings is 1. The van der Waals surface area contributed by atoms with Crippen LogP contribution in [0, 0.1) is 5.82 Å². The lowest BCUT2D eigenvalue weighted by molar-refractivity contribution is 0.528. The first kappa shape index (κ1) is 19.7. The zero-order chi connectivity index (χ0) is 20.7. The van der Waals surface area contributed by atoms with Gasteiger partial charge in [0, 0.05) is 16.2 Å². The molecule has 1 fully saturated rings. The van der Waals surface area contributed by atoms with Crippen LogP contribution in [-0.4, -0.2) is 37.3 Å². The van der Waals surface area contributed by atoms with E-state index >= 15 is 4.39 Å². The number of nitrogens with one attached hydrogen (secondary N) is 2. The monoisotopic (exact) mass is 442 g/mol. The second-order valence-corrected chi connectivity index (χ2v) is 9.88. The van der Waals surface area contributed by atoms with E-state index in [-0.39, 0.29) is 11.7 Å². The molecule has 0 saturated carbocycles. The lowest BCUT2D eigenvalue weighted by Crippen LogP contribution is -2.29. The third-order valence-corrected chi connectivity index (χ3v) is 7.51. The van der Waals surface area contributed by atoms with Crippen molar-refractivity contribution >= 4 is 50.7 Å². The van der Waals surface area contributed by atoms with Crippen molar-refractivity contribution < 1.29 is 4.39 Å². The Morgan fingerprint density at radius 1 is 1.27 bits per heavy atom. The minimum atomic E-state index is -0.374. The third-order valence-electron chi connectivity index (χ3n) is 5.39. The molecule has 0 spiro atoms. The van der Waals surface area contributed by atoms with Gasteiger partial charge in [-0.15, -0.1) is 0 Å². The number of hydrogen-bond acceptors (Lipinski definition) is 7. The molecule has 156 valence electrons. The van der Waals surface area contributed by atoms with Crippen molar-refractivity contribution in [3.8, 4) is 0 Å². The van der Waals surface area contributed by atoms with Gasteiger partial charge in [0.25, 0.3) is 0 Å². The molecule has 0 amide bonds. The minimum absolute atomic E-state index is 0.241. The van der Waals surface area contributed by atoms with Crippen LogP contribution in [-0.2, 0) is 0 Å². The van der Waals surface area contributed by atoms with E-state index in [0.717, 1.165) is 41.6 Å². The lowest BCUT2D eigenvalue weighted by Gasteiger charge is -2.22. The second-order valence-electron chi connectivity index (χ2n) is 7.79. The molecule has 4 aromatic rings. The van der Waals surface area contributed by atoms with E-state index in [9.17, 15) is 0 Å². The van der Waals surface area contributed by atoms with Crippen LogP contribution in [0.15, 0.2) is 35.5 Å². The van der Waals surface area contributed by atoms with Gasteiger partial charge >= 0.3 is 0 Å². The summed E-state index contributed by atoms with van der Waals surface area (Å²) >= 11 is 2.93. The molecule has 1 aromatic carbocycles. The summed E-state index contributed by atoms with van der Waals surface area (Å²) in [4.78, 5) is 4.71. The molecule has 0 bridgehead atoms. The van der Waals surface area contributed by atoms with Gasteiger partial charge in [0.2, 0.25) is 0 Å². The summed E-state index contributed by atoms with van der Waals surface area (Å²) in [6.07, 6.45) is 3.80. The van der Waals surface area contributed by atoms with Gasteiger partial charge in [0.1, 0.15) is 5.03 Å². The van der Waals surface area contributed by atoms with E-state index in [0.29, 0.717) is 27.6 Å². The van der Waals surface area contributed by atoms with Crippen LogP contribution in [0.3, 0.4) is 0 Å². The van der Waals surface area contributed by atoms with Crippen LogP contribution in [0.5, 0.6) is 0 Å². The zero-order valence-corrected chi connectivity index (χ0v) is 18.5. The molecule has 1 aliphatic heterocycles. The highest BCUT2D eigenvalue weighted by Gasteiger charge is 2.24. The summed E-state index contributed by atoms with van der Waals surface area (Å²) in [5.41, 5.74) is 1.71. The fourth-order valence-corrected chi connectivity index (χ4v) is 5.58. The van der Waals surface area contributed by atoms with Gasteiger partial charge in [-0.1, -0.05) is 37.7 Å². The Labute approximate surface area is 182 Å². The van der Waals surface area contributed by atoms with E-state index in [1.165, 1.54) is 23.3 Å². The van der Waals surface area contributed by atoms with Gasteiger partial charge in [-0.2, -0.15) is 18.4 Å². The van der Waals surface area contributed by atoms with Gasteiger partial charge in [0.15, 0.2) is 23.1 Å². The van der Waals surface area contributed by atoms with Gasteiger partial charge in [-0.05, 0) is 55.5 Å². The van der Waals surface area contributed by atoms with Gasteiger partial charge in [-0.3, -0.25) is 0 Å². The summed E-state index contributed by atoms with van der Waals surface area (Å²) in [5, 5.41) is 12.8. The van der Waals surface area contributed by atoms with Crippen molar-refractivity contribution in [3.63, 3.8) is 0 Å². The lowest BCUT2D eigenvalue weighted by atomic mass is 10.1. The maximum Gasteiger partial charge on any atom is 0.198 e. The first-order valence-corrected chi connectivity index (χ1v) is 11.8. The summed E-state index contributed by atoms with van der Waals surface area (Å²) in [6, 6.07) is 7.94. The normalized spacial score (nSPS) is 15.5. The molecule has 5 rings (SSSR count). The maximum atomic E-state index is 15.7. The van der Waals surface area contributed by atoms with Crippen molar-refractivity contribution in [1.82, 2.24) is 24.3 Å².